The minimum Gasteiger partial charge on any atom is -0.488 e. The maximum atomic E-state index is 13.3. The molecule has 3 aromatic carbocycles. The summed E-state index contributed by atoms with van der Waals surface area (Å²) in [5.74, 6) is 0.433. The van der Waals surface area contributed by atoms with Crippen LogP contribution in [0, 0.1) is 5.82 Å². The van der Waals surface area contributed by atoms with E-state index in [4.69, 9.17) is 22.1 Å². The van der Waals surface area contributed by atoms with Crippen molar-refractivity contribution in [2.75, 3.05) is 11.2 Å². The van der Waals surface area contributed by atoms with Crippen LogP contribution in [0.3, 0.4) is 0 Å². The van der Waals surface area contributed by atoms with Gasteiger partial charge in [0.25, 0.3) is 5.95 Å². The first-order valence-electron chi connectivity index (χ1n) is 8.47. The normalized spacial score (nSPS) is 10.9. The van der Waals surface area contributed by atoms with Crippen molar-refractivity contribution in [3.8, 4) is 5.75 Å². The molecule has 0 saturated carbocycles. The summed E-state index contributed by atoms with van der Waals surface area (Å²) >= 11 is 6.10. The molecule has 3 N–H and O–H groups in total. The molecular weight excluding hydrogens is 383 g/mol. The molecule has 0 bridgehead atoms. The van der Waals surface area contributed by atoms with Gasteiger partial charge in [0, 0.05) is 11.1 Å². The van der Waals surface area contributed by atoms with Crippen molar-refractivity contribution in [1.82, 2.24) is 20.3 Å². The lowest BCUT2D eigenvalue weighted by molar-refractivity contribution is 0.303. The van der Waals surface area contributed by atoms with Gasteiger partial charge in [-0.25, -0.2) is 4.39 Å². The topological polar surface area (TPSA) is 90.9 Å². The zero-order valence-electron chi connectivity index (χ0n) is 14.6. The Morgan fingerprint density at radius 2 is 2.00 bits per heavy atom. The van der Waals surface area contributed by atoms with E-state index in [9.17, 15) is 4.39 Å². The summed E-state index contributed by atoms with van der Waals surface area (Å²) in [5.41, 5.74) is 10.4. The van der Waals surface area contributed by atoms with Crippen LogP contribution in [0.1, 0.15) is 11.1 Å². The predicted molar refractivity (Wildman–Crippen MR) is 105 cm³/mol. The van der Waals surface area contributed by atoms with Gasteiger partial charge < -0.3 is 15.9 Å². The van der Waals surface area contributed by atoms with Gasteiger partial charge in [-0.15, -0.1) is 4.79 Å². The van der Waals surface area contributed by atoms with E-state index in [0.29, 0.717) is 22.9 Å². The maximum absolute atomic E-state index is 13.3. The Morgan fingerprint density at radius 3 is 2.79 bits per heavy atom. The SMILES string of the molecule is Nc1nnnn1NCc1c(OCc2ccc(F)cc2Cl)ccc2ccccc12. The minimum atomic E-state index is -0.386. The van der Waals surface area contributed by atoms with Crippen LogP contribution in [0.25, 0.3) is 10.8 Å². The smallest absolute Gasteiger partial charge is 0.260 e. The van der Waals surface area contributed by atoms with Gasteiger partial charge in [0.1, 0.15) is 18.2 Å². The van der Waals surface area contributed by atoms with E-state index in [1.807, 2.05) is 36.4 Å². The summed E-state index contributed by atoms with van der Waals surface area (Å²) in [6, 6.07) is 16.1. The number of rotatable bonds is 6. The second-order valence-corrected chi connectivity index (χ2v) is 6.48. The van der Waals surface area contributed by atoms with Crippen molar-refractivity contribution in [2.24, 2.45) is 0 Å². The molecule has 142 valence electrons. The molecule has 1 aromatic heterocycles. The van der Waals surface area contributed by atoms with E-state index in [1.54, 1.807) is 6.07 Å². The van der Waals surface area contributed by atoms with Gasteiger partial charge in [0.2, 0.25) is 0 Å². The van der Waals surface area contributed by atoms with Gasteiger partial charge in [-0.05, 0) is 39.4 Å². The van der Waals surface area contributed by atoms with Gasteiger partial charge >= 0.3 is 0 Å². The van der Waals surface area contributed by atoms with E-state index >= 15 is 0 Å². The predicted octanol–water partition coefficient (Wildman–Crippen LogP) is 3.52. The third-order valence-corrected chi connectivity index (χ3v) is 4.65. The summed E-state index contributed by atoms with van der Waals surface area (Å²) in [6.07, 6.45) is 0. The first-order chi connectivity index (χ1) is 13.6. The molecule has 28 heavy (non-hydrogen) atoms. The van der Waals surface area contributed by atoms with Crippen molar-refractivity contribution in [3.63, 3.8) is 0 Å². The lowest BCUT2D eigenvalue weighted by Crippen LogP contribution is -2.19. The van der Waals surface area contributed by atoms with Crippen molar-refractivity contribution >= 4 is 28.3 Å². The monoisotopic (exact) mass is 398 g/mol. The van der Waals surface area contributed by atoms with Gasteiger partial charge in [-0.1, -0.05) is 53.1 Å². The number of anilines is 1. The first kappa shape index (κ1) is 18.0. The van der Waals surface area contributed by atoms with Crippen LogP contribution >= 0.6 is 11.6 Å². The standard InChI is InChI=1S/C19H16ClFN6O/c20-17-9-14(21)7-5-13(17)11-28-18-8-6-12-3-1-2-4-15(12)16(18)10-23-27-19(22)24-25-26-27/h1-9,23H,10-11H2,(H2,22,24,26). The highest BCUT2D eigenvalue weighted by Gasteiger charge is 2.12. The van der Waals surface area contributed by atoms with Gasteiger partial charge in [0.15, 0.2) is 0 Å². The highest BCUT2D eigenvalue weighted by Crippen LogP contribution is 2.29. The van der Waals surface area contributed by atoms with Crippen LogP contribution in [0.15, 0.2) is 54.6 Å². The Morgan fingerprint density at radius 1 is 1.14 bits per heavy atom. The van der Waals surface area contributed by atoms with Crippen molar-refractivity contribution in [2.45, 2.75) is 13.2 Å². The molecule has 0 aliphatic heterocycles. The fraction of sp³-hybridized carbons (Fsp3) is 0.105. The van der Waals surface area contributed by atoms with E-state index in [0.717, 1.165) is 16.3 Å². The summed E-state index contributed by atoms with van der Waals surface area (Å²) in [7, 11) is 0. The number of nitrogens with zero attached hydrogens (tertiary/aromatic N) is 4. The van der Waals surface area contributed by atoms with Crippen LogP contribution in [0.2, 0.25) is 5.02 Å². The van der Waals surface area contributed by atoms with Crippen LogP contribution in [-0.2, 0) is 13.2 Å². The molecule has 0 atom stereocenters. The Bertz CT molecular complexity index is 1130. The molecule has 0 unspecified atom stereocenters. The number of ether oxygens (including phenoxy) is 1. The largest absolute Gasteiger partial charge is 0.488 e. The highest BCUT2D eigenvalue weighted by atomic mass is 35.5. The second kappa shape index (κ2) is 7.69. The average Bonchev–Trinajstić information content (AvgIpc) is 3.10. The van der Waals surface area contributed by atoms with Crippen molar-refractivity contribution in [3.05, 3.63) is 76.6 Å². The molecular formula is C19H16ClFN6O. The van der Waals surface area contributed by atoms with Gasteiger partial charge in [0.05, 0.1) is 11.6 Å². The summed E-state index contributed by atoms with van der Waals surface area (Å²) < 4.78 is 19.3. The van der Waals surface area contributed by atoms with Crippen LogP contribution < -0.4 is 15.9 Å². The number of hydrogen-bond acceptors (Lipinski definition) is 6. The van der Waals surface area contributed by atoms with E-state index in [-0.39, 0.29) is 18.4 Å². The fourth-order valence-electron chi connectivity index (χ4n) is 2.89. The molecule has 4 rings (SSSR count). The second-order valence-electron chi connectivity index (χ2n) is 6.07. The van der Waals surface area contributed by atoms with Gasteiger partial charge in [-0.3, -0.25) is 0 Å². The van der Waals surface area contributed by atoms with Crippen molar-refractivity contribution in [1.29, 1.82) is 0 Å². The average molecular weight is 399 g/mol. The van der Waals surface area contributed by atoms with Gasteiger partial charge in [-0.2, -0.15) is 0 Å². The van der Waals surface area contributed by atoms with E-state index in [1.165, 1.54) is 16.9 Å². The minimum absolute atomic E-state index is 0.154. The Kier molecular flexibility index (Phi) is 4.94. The number of benzene rings is 3. The van der Waals surface area contributed by atoms with Crippen LogP contribution in [-0.4, -0.2) is 20.3 Å². The molecule has 0 radical (unpaired) electrons. The Labute approximate surface area is 164 Å². The zero-order chi connectivity index (χ0) is 19.5. The third kappa shape index (κ3) is 3.67. The molecule has 0 saturated heterocycles. The quantitative estimate of drug-likeness (QED) is 0.516. The number of nitrogens with two attached hydrogens (primary N) is 1. The molecule has 7 nitrogen and oxygen atoms in total. The summed E-state index contributed by atoms with van der Waals surface area (Å²) in [6.45, 7) is 0.584. The maximum Gasteiger partial charge on any atom is 0.260 e. The molecule has 0 amide bonds. The number of fused-ring (bicyclic) bond motifs is 1. The van der Waals surface area contributed by atoms with E-state index < -0.39 is 0 Å². The first-order valence-corrected chi connectivity index (χ1v) is 8.84. The molecule has 1 heterocycles. The van der Waals surface area contributed by atoms with Crippen molar-refractivity contribution < 1.29 is 9.13 Å². The third-order valence-electron chi connectivity index (χ3n) is 4.30. The number of halogens is 2. The molecule has 0 spiro atoms. The van der Waals surface area contributed by atoms with E-state index in [2.05, 4.69) is 21.0 Å². The molecule has 9 heteroatoms. The Balaban J connectivity index is 1.64. The number of nitrogen functional groups attached to an aromatic ring is 1. The lowest BCUT2D eigenvalue weighted by Gasteiger charge is -2.16. The van der Waals surface area contributed by atoms with Crippen LogP contribution in [0.5, 0.6) is 5.75 Å². The van der Waals surface area contributed by atoms with Crippen LogP contribution in [0.4, 0.5) is 10.3 Å². The molecule has 4 aromatic rings. The molecule has 0 fully saturated rings. The summed E-state index contributed by atoms with van der Waals surface area (Å²) in [5, 5.41) is 13.3. The number of hydrogen-bond donors (Lipinski definition) is 2. The molecule has 0 aliphatic rings. The fourth-order valence-corrected chi connectivity index (χ4v) is 3.11. The lowest BCUT2D eigenvalue weighted by atomic mass is 10.0. The molecule has 0 aliphatic carbocycles. The summed E-state index contributed by atoms with van der Waals surface area (Å²) in [4.78, 5) is 1.29. The number of nitrogens with one attached hydrogen (secondary N) is 1. The Hall–Kier alpha value is -3.39. The highest BCUT2D eigenvalue weighted by molar-refractivity contribution is 6.31. The number of tetrazole rings is 1. The zero-order valence-corrected chi connectivity index (χ0v) is 15.4. The number of aromatic nitrogens is 4.